The topological polar surface area (TPSA) is 61.4 Å². The summed E-state index contributed by atoms with van der Waals surface area (Å²) in [6.07, 6.45) is 0.924. The predicted molar refractivity (Wildman–Crippen MR) is 62.9 cm³/mol. The normalized spacial score (nSPS) is 9.88. The Morgan fingerprint density at radius 1 is 1.31 bits per heavy atom. The molecule has 0 aliphatic rings. The Balaban J connectivity index is 2.38. The summed E-state index contributed by atoms with van der Waals surface area (Å²) in [5.41, 5.74) is 1.84. The number of urea groups is 1. The van der Waals surface area contributed by atoms with E-state index in [2.05, 4.69) is 10.6 Å². The standard InChI is InChI=1S/C12H18N2O2/c1-2-6-13-12(16)14-8-10-4-3-5-11(7-10)9-15/h3-5,7,15H,2,6,8-9H2,1H3,(H2,13,14,16). The maximum atomic E-state index is 11.3. The van der Waals surface area contributed by atoms with Crippen molar-refractivity contribution < 1.29 is 9.90 Å². The highest BCUT2D eigenvalue weighted by molar-refractivity contribution is 5.73. The number of aliphatic hydroxyl groups is 1. The Bertz CT molecular complexity index is 340. The summed E-state index contributed by atoms with van der Waals surface area (Å²) in [5.74, 6) is 0. The number of nitrogens with one attached hydrogen (secondary N) is 2. The highest BCUT2D eigenvalue weighted by Crippen LogP contribution is 2.04. The van der Waals surface area contributed by atoms with Crippen LogP contribution in [0.5, 0.6) is 0 Å². The first-order chi connectivity index (χ1) is 7.76. The van der Waals surface area contributed by atoms with E-state index in [9.17, 15) is 4.79 Å². The zero-order valence-electron chi connectivity index (χ0n) is 9.49. The van der Waals surface area contributed by atoms with Crippen LogP contribution in [0.3, 0.4) is 0 Å². The molecular formula is C12H18N2O2. The van der Waals surface area contributed by atoms with Crippen LogP contribution in [0.25, 0.3) is 0 Å². The van der Waals surface area contributed by atoms with E-state index in [-0.39, 0.29) is 12.6 Å². The van der Waals surface area contributed by atoms with Gasteiger partial charge in [0.25, 0.3) is 0 Å². The lowest BCUT2D eigenvalue weighted by atomic mass is 10.1. The van der Waals surface area contributed by atoms with E-state index in [1.165, 1.54) is 0 Å². The first-order valence-electron chi connectivity index (χ1n) is 5.46. The molecule has 0 unspecified atom stereocenters. The van der Waals surface area contributed by atoms with Crippen molar-refractivity contribution in [1.82, 2.24) is 10.6 Å². The minimum Gasteiger partial charge on any atom is -0.392 e. The van der Waals surface area contributed by atoms with Gasteiger partial charge in [-0.3, -0.25) is 0 Å². The van der Waals surface area contributed by atoms with Gasteiger partial charge in [-0.05, 0) is 17.5 Å². The van der Waals surface area contributed by atoms with Crippen molar-refractivity contribution in [1.29, 1.82) is 0 Å². The summed E-state index contributed by atoms with van der Waals surface area (Å²) < 4.78 is 0. The molecule has 1 aromatic carbocycles. The maximum absolute atomic E-state index is 11.3. The van der Waals surface area contributed by atoms with Gasteiger partial charge in [0, 0.05) is 13.1 Å². The van der Waals surface area contributed by atoms with Gasteiger partial charge in [0.15, 0.2) is 0 Å². The molecule has 0 saturated heterocycles. The summed E-state index contributed by atoms with van der Waals surface area (Å²) in [4.78, 5) is 11.3. The SMILES string of the molecule is CCCNC(=O)NCc1cccc(CO)c1. The first-order valence-corrected chi connectivity index (χ1v) is 5.46. The minimum atomic E-state index is -0.156. The Morgan fingerprint density at radius 2 is 2.06 bits per heavy atom. The molecule has 0 spiro atoms. The zero-order valence-corrected chi connectivity index (χ0v) is 9.49. The Labute approximate surface area is 95.7 Å². The Kier molecular flexibility index (Phi) is 5.36. The molecule has 0 radical (unpaired) electrons. The van der Waals surface area contributed by atoms with E-state index >= 15 is 0 Å². The largest absolute Gasteiger partial charge is 0.392 e. The van der Waals surface area contributed by atoms with Crippen molar-refractivity contribution in [2.45, 2.75) is 26.5 Å². The van der Waals surface area contributed by atoms with Gasteiger partial charge < -0.3 is 15.7 Å². The summed E-state index contributed by atoms with van der Waals surface area (Å²) in [5, 5.41) is 14.4. The van der Waals surface area contributed by atoms with Gasteiger partial charge in [0.2, 0.25) is 0 Å². The molecule has 4 nitrogen and oxygen atoms in total. The molecule has 16 heavy (non-hydrogen) atoms. The maximum Gasteiger partial charge on any atom is 0.315 e. The molecule has 2 amide bonds. The van der Waals surface area contributed by atoms with Gasteiger partial charge in [0.05, 0.1) is 6.61 Å². The van der Waals surface area contributed by atoms with E-state index in [4.69, 9.17) is 5.11 Å². The van der Waals surface area contributed by atoms with E-state index in [0.717, 1.165) is 17.5 Å². The molecule has 0 bridgehead atoms. The van der Waals surface area contributed by atoms with E-state index < -0.39 is 0 Å². The third-order valence-corrected chi connectivity index (χ3v) is 2.16. The fraction of sp³-hybridized carbons (Fsp3) is 0.417. The number of carbonyl (C=O) groups is 1. The van der Waals surface area contributed by atoms with Gasteiger partial charge in [-0.2, -0.15) is 0 Å². The number of aliphatic hydroxyl groups excluding tert-OH is 1. The quantitative estimate of drug-likeness (QED) is 0.705. The summed E-state index contributed by atoms with van der Waals surface area (Å²) >= 11 is 0. The van der Waals surface area contributed by atoms with E-state index in [0.29, 0.717) is 13.1 Å². The molecule has 0 saturated carbocycles. The van der Waals surface area contributed by atoms with Crippen LogP contribution in [0.2, 0.25) is 0 Å². The van der Waals surface area contributed by atoms with Crippen molar-refractivity contribution >= 4 is 6.03 Å². The van der Waals surface area contributed by atoms with Gasteiger partial charge in [0.1, 0.15) is 0 Å². The van der Waals surface area contributed by atoms with Crippen molar-refractivity contribution in [3.05, 3.63) is 35.4 Å². The number of carbonyl (C=O) groups excluding carboxylic acids is 1. The van der Waals surface area contributed by atoms with Crippen LogP contribution in [0.1, 0.15) is 24.5 Å². The van der Waals surface area contributed by atoms with E-state index in [1.807, 2.05) is 31.2 Å². The molecular weight excluding hydrogens is 204 g/mol. The number of rotatable bonds is 5. The molecule has 1 aromatic rings. The molecule has 0 aliphatic heterocycles. The molecule has 1 rings (SSSR count). The molecule has 4 heteroatoms. The summed E-state index contributed by atoms with van der Waals surface area (Å²) in [6.45, 7) is 3.19. The van der Waals surface area contributed by atoms with Gasteiger partial charge in [-0.1, -0.05) is 31.2 Å². The van der Waals surface area contributed by atoms with Crippen molar-refractivity contribution in [2.75, 3.05) is 6.54 Å². The molecule has 3 N–H and O–H groups in total. The third kappa shape index (κ3) is 4.31. The predicted octanol–water partition coefficient (Wildman–Crippen LogP) is 1.39. The molecule has 0 aromatic heterocycles. The van der Waals surface area contributed by atoms with Gasteiger partial charge >= 0.3 is 6.03 Å². The summed E-state index contributed by atoms with van der Waals surface area (Å²) in [6, 6.07) is 7.35. The molecule has 0 heterocycles. The van der Waals surface area contributed by atoms with Crippen LogP contribution in [0.15, 0.2) is 24.3 Å². The second kappa shape index (κ2) is 6.85. The smallest absolute Gasteiger partial charge is 0.315 e. The van der Waals surface area contributed by atoms with Crippen molar-refractivity contribution in [2.24, 2.45) is 0 Å². The van der Waals surface area contributed by atoms with Crippen LogP contribution >= 0.6 is 0 Å². The highest BCUT2D eigenvalue weighted by atomic mass is 16.3. The Morgan fingerprint density at radius 3 is 2.75 bits per heavy atom. The fourth-order valence-electron chi connectivity index (χ4n) is 1.32. The first kappa shape index (κ1) is 12.5. The fourth-order valence-corrected chi connectivity index (χ4v) is 1.32. The summed E-state index contributed by atoms with van der Waals surface area (Å²) in [7, 11) is 0. The molecule has 0 aliphatic carbocycles. The second-order valence-corrected chi connectivity index (χ2v) is 3.59. The number of hydrogen-bond acceptors (Lipinski definition) is 2. The monoisotopic (exact) mass is 222 g/mol. The molecule has 88 valence electrons. The third-order valence-electron chi connectivity index (χ3n) is 2.16. The van der Waals surface area contributed by atoms with Crippen LogP contribution in [0, 0.1) is 0 Å². The number of amides is 2. The van der Waals surface area contributed by atoms with Crippen LogP contribution in [-0.4, -0.2) is 17.7 Å². The average molecular weight is 222 g/mol. The van der Waals surface area contributed by atoms with Gasteiger partial charge in [-0.25, -0.2) is 4.79 Å². The molecule has 0 fully saturated rings. The second-order valence-electron chi connectivity index (χ2n) is 3.59. The lowest BCUT2D eigenvalue weighted by molar-refractivity contribution is 0.240. The van der Waals surface area contributed by atoms with Crippen molar-refractivity contribution in [3.63, 3.8) is 0 Å². The number of benzene rings is 1. The highest BCUT2D eigenvalue weighted by Gasteiger charge is 1.99. The lowest BCUT2D eigenvalue weighted by Crippen LogP contribution is -2.35. The molecule has 0 atom stereocenters. The minimum absolute atomic E-state index is 0.0237. The lowest BCUT2D eigenvalue weighted by Gasteiger charge is -2.07. The van der Waals surface area contributed by atoms with Crippen LogP contribution in [0.4, 0.5) is 4.79 Å². The number of hydrogen-bond donors (Lipinski definition) is 3. The zero-order chi connectivity index (χ0) is 11.8. The van der Waals surface area contributed by atoms with Crippen LogP contribution in [-0.2, 0) is 13.2 Å². The van der Waals surface area contributed by atoms with Crippen molar-refractivity contribution in [3.8, 4) is 0 Å². The average Bonchev–Trinajstić information content (AvgIpc) is 2.34. The van der Waals surface area contributed by atoms with Crippen LogP contribution < -0.4 is 10.6 Å². The van der Waals surface area contributed by atoms with E-state index in [1.54, 1.807) is 0 Å². The van der Waals surface area contributed by atoms with Gasteiger partial charge in [-0.15, -0.1) is 0 Å². The Hall–Kier alpha value is -1.55.